The second-order valence-electron chi connectivity index (χ2n) is 6.41. The molecule has 0 aliphatic heterocycles. The van der Waals surface area contributed by atoms with Gasteiger partial charge in [0.15, 0.2) is 0 Å². The van der Waals surface area contributed by atoms with Gasteiger partial charge in [0.1, 0.15) is 6.07 Å². The number of nitrogens with one attached hydrogen (secondary N) is 3. The number of aromatic amines is 2. The summed E-state index contributed by atoms with van der Waals surface area (Å²) in [4.78, 5) is 10.7. The lowest BCUT2D eigenvalue weighted by molar-refractivity contribution is 1.30. The van der Waals surface area contributed by atoms with Crippen LogP contribution < -0.4 is 5.32 Å². The highest BCUT2D eigenvalue weighted by molar-refractivity contribution is 5.91. The quantitative estimate of drug-likeness (QED) is 0.412. The van der Waals surface area contributed by atoms with Crippen LogP contribution in [0.4, 0.5) is 11.4 Å². The van der Waals surface area contributed by atoms with Crippen LogP contribution in [-0.2, 0) is 0 Å². The Morgan fingerprint density at radius 1 is 0.852 bits per heavy atom. The van der Waals surface area contributed by atoms with Crippen LogP contribution in [0.5, 0.6) is 0 Å². The van der Waals surface area contributed by atoms with Crippen LogP contribution in [0.3, 0.4) is 0 Å². The molecule has 2 aromatic carbocycles. The third-order valence-electron chi connectivity index (χ3n) is 4.75. The second kappa shape index (κ2) is 6.04. The van der Waals surface area contributed by atoms with E-state index >= 15 is 0 Å². The molecule has 5 aromatic rings. The van der Waals surface area contributed by atoms with Crippen LogP contribution in [0.2, 0.25) is 0 Å². The van der Waals surface area contributed by atoms with Crippen molar-refractivity contribution in [2.45, 2.75) is 0 Å². The molecule has 0 saturated carbocycles. The van der Waals surface area contributed by atoms with E-state index < -0.39 is 0 Å². The first-order valence-corrected chi connectivity index (χ1v) is 8.61. The molecule has 0 spiro atoms. The first kappa shape index (κ1) is 15.2. The molecule has 0 amide bonds. The van der Waals surface area contributed by atoms with Crippen molar-refractivity contribution in [1.82, 2.24) is 15.0 Å². The lowest BCUT2D eigenvalue weighted by atomic mass is 10.0. The smallest absolute Gasteiger partial charge is 0.103 e. The molecular weight excluding hydrogens is 334 g/mol. The molecule has 0 aliphatic carbocycles. The number of anilines is 2. The topological polar surface area (TPSA) is 80.3 Å². The molecule has 5 heteroatoms. The number of hydrogen-bond donors (Lipinski definition) is 3. The van der Waals surface area contributed by atoms with Gasteiger partial charge in [-0.3, -0.25) is 4.98 Å². The van der Waals surface area contributed by atoms with E-state index in [0.29, 0.717) is 5.56 Å². The van der Waals surface area contributed by atoms with E-state index in [0.717, 1.165) is 44.3 Å². The molecule has 5 rings (SSSR count). The number of fused-ring (bicyclic) bond motifs is 2. The van der Waals surface area contributed by atoms with Crippen molar-refractivity contribution in [2.24, 2.45) is 0 Å². The Hall–Kier alpha value is -4.04. The molecule has 0 unspecified atom stereocenters. The van der Waals surface area contributed by atoms with Crippen LogP contribution in [0, 0.1) is 11.3 Å². The summed E-state index contributed by atoms with van der Waals surface area (Å²) in [6.07, 6.45) is 7.23. The molecule has 0 aliphatic rings. The Bertz CT molecular complexity index is 1320. The highest BCUT2D eigenvalue weighted by Gasteiger charge is 2.12. The Morgan fingerprint density at radius 3 is 2.37 bits per heavy atom. The molecule has 0 fully saturated rings. The summed E-state index contributed by atoms with van der Waals surface area (Å²) in [5, 5.41) is 15.3. The second-order valence-corrected chi connectivity index (χ2v) is 6.41. The SMILES string of the molecule is N#Cc1cncc(-c2ccc3[nH]ccc3c2)c1Nc1ccc2[nH]ccc2c1. The van der Waals surface area contributed by atoms with E-state index in [2.05, 4.69) is 38.5 Å². The first-order valence-electron chi connectivity index (χ1n) is 8.61. The zero-order valence-electron chi connectivity index (χ0n) is 14.3. The van der Waals surface area contributed by atoms with Crippen LogP contribution >= 0.6 is 0 Å². The number of hydrogen-bond acceptors (Lipinski definition) is 3. The predicted octanol–water partition coefficient (Wildman–Crippen LogP) is 5.33. The summed E-state index contributed by atoms with van der Waals surface area (Å²) in [5.41, 5.74) is 6.26. The number of H-pyrrole nitrogens is 2. The molecule has 0 saturated heterocycles. The molecule has 3 aromatic heterocycles. The van der Waals surface area contributed by atoms with Crippen molar-refractivity contribution in [3.63, 3.8) is 0 Å². The van der Waals surface area contributed by atoms with Crippen LogP contribution in [-0.4, -0.2) is 15.0 Å². The highest BCUT2D eigenvalue weighted by Crippen LogP contribution is 2.34. The van der Waals surface area contributed by atoms with Gasteiger partial charge >= 0.3 is 0 Å². The fourth-order valence-electron chi connectivity index (χ4n) is 3.40. The molecule has 128 valence electrons. The van der Waals surface area contributed by atoms with Gasteiger partial charge < -0.3 is 15.3 Å². The van der Waals surface area contributed by atoms with E-state index in [9.17, 15) is 5.26 Å². The van der Waals surface area contributed by atoms with Crippen molar-refractivity contribution in [2.75, 3.05) is 5.32 Å². The number of benzene rings is 2. The summed E-state index contributed by atoms with van der Waals surface area (Å²) < 4.78 is 0. The summed E-state index contributed by atoms with van der Waals surface area (Å²) in [5.74, 6) is 0. The lowest BCUT2D eigenvalue weighted by Gasteiger charge is -2.14. The van der Waals surface area contributed by atoms with Crippen molar-refractivity contribution < 1.29 is 0 Å². The minimum atomic E-state index is 0.510. The van der Waals surface area contributed by atoms with Crippen LogP contribution in [0.1, 0.15) is 5.56 Å². The van der Waals surface area contributed by atoms with Crippen molar-refractivity contribution in [1.29, 1.82) is 5.26 Å². The molecule has 27 heavy (non-hydrogen) atoms. The number of aromatic nitrogens is 3. The van der Waals surface area contributed by atoms with E-state index in [1.54, 1.807) is 12.4 Å². The largest absolute Gasteiger partial charge is 0.361 e. The summed E-state index contributed by atoms with van der Waals surface area (Å²) in [6.45, 7) is 0. The average Bonchev–Trinajstić information content (AvgIpc) is 3.36. The van der Waals surface area contributed by atoms with E-state index in [1.807, 2.05) is 48.8 Å². The van der Waals surface area contributed by atoms with Gasteiger partial charge in [0.25, 0.3) is 0 Å². The number of nitriles is 1. The fraction of sp³-hybridized carbons (Fsp3) is 0. The van der Waals surface area contributed by atoms with Gasteiger partial charge in [-0.1, -0.05) is 6.07 Å². The minimum Gasteiger partial charge on any atom is -0.361 e. The van der Waals surface area contributed by atoms with Gasteiger partial charge in [-0.2, -0.15) is 5.26 Å². The van der Waals surface area contributed by atoms with Crippen LogP contribution in [0.25, 0.3) is 32.9 Å². The van der Waals surface area contributed by atoms with Crippen molar-refractivity contribution in [3.05, 3.63) is 78.9 Å². The first-order chi connectivity index (χ1) is 13.3. The maximum Gasteiger partial charge on any atom is 0.103 e. The van der Waals surface area contributed by atoms with Gasteiger partial charge in [-0.15, -0.1) is 0 Å². The van der Waals surface area contributed by atoms with Gasteiger partial charge in [-0.25, -0.2) is 0 Å². The lowest BCUT2D eigenvalue weighted by Crippen LogP contribution is -1.98. The van der Waals surface area contributed by atoms with Crippen molar-refractivity contribution >= 4 is 33.2 Å². The third kappa shape index (κ3) is 2.60. The molecule has 3 heterocycles. The third-order valence-corrected chi connectivity index (χ3v) is 4.75. The van der Waals surface area contributed by atoms with Gasteiger partial charge in [-0.05, 0) is 53.4 Å². The van der Waals surface area contributed by atoms with Gasteiger partial charge in [0, 0.05) is 52.5 Å². The molecule has 5 nitrogen and oxygen atoms in total. The minimum absolute atomic E-state index is 0.510. The number of nitrogens with zero attached hydrogens (tertiary/aromatic N) is 2. The van der Waals surface area contributed by atoms with Gasteiger partial charge in [0.2, 0.25) is 0 Å². The predicted molar refractivity (Wildman–Crippen MR) is 108 cm³/mol. The molecule has 0 atom stereocenters. The normalized spacial score (nSPS) is 10.9. The zero-order chi connectivity index (χ0) is 18.2. The van der Waals surface area contributed by atoms with Crippen LogP contribution in [0.15, 0.2) is 73.3 Å². The Labute approximate surface area is 155 Å². The Morgan fingerprint density at radius 2 is 1.59 bits per heavy atom. The summed E-state index contributed by atoms with van der Waals surface area (Å²) >= 11 is 0. The van der Waals surface area contributed by atoms with E-state index in [1.165, 1.54) is 0 Å². The summed E-state index contributed by atoms with van der Waals surface area (Å²) in [6, 6.07) is 18.6. The monoisotopic (exact) mass is 349 g/mol. The maximum atomic E-state index is 9.61. The molecular formula is C22H15N5. The highest BCUT2D eigenvalue weighted by atomic mass is 14.9. The van der Waals surface area contributed by atoms with Gasteiger partial charge in [0.05, 0.1) is 11.3 Å². The zero-order valence-corrected chi connectivity index (χ0v) is 14.3. The number of rotatable bonds is 3. The summed E-state index contributed by atoms with van der Waals surface area (Å²) in [7, 11) is 0. The average molecular weight is 349 g/mol. The van der Waals surface area contributed by atoms with E-state index in [4.69, 9.17) is 0 Å². The fourth-order valence-corrected chi connectivity index (χ4v) is 3.40. The van der Waals surface area contributed by atoms with E-state index in [-0.39, 0.29) is 0 Å². The van der Waals surface area contributed by atoms with Crippen molar-refractivity contribution in [3.8, 4) is 17.2 Å². The Balaban J connectivity index is 1.64. The maximum absolute atomic E-state index is 9.61. The molecule has 0 radical (unpaired) electrons. The number of pyridine rings is 1. The Kier molecular flexibility index (Phi) is 3.41. The standard InChI is InChI=1S/C22H15N5/c23-11-17-12-24-13-19(14-1-3-20-15(9-14)5-7-25-20)22(17)27-18-2-4-21-16(10-18)6-8-26-21/h1-10,12-13,25-26H,(H,24,27). The molecule has 0 bridgehead atoms. The molecule has 3 N–H and O–H groups in total.